The van der Waals surface area contributed by atoms with Gasteiger partial charge < -0.3 is 0 Å². The lowest BCUT2D eigenvalue weighted by atomic mass is 10.9. The van der Waals surface area contributed by atoms with Gasteiger partial charge in [-0.1, -0.05) is 0 Å². The van der Waals surface area contributed by atoms with Gasteiger partial charge in [-0.15, -0.1) is 0 Å². The van der Waals surface area contributed by atoms with Gasteiger partial charge in [-0.05, 0) is 12.8 Å². The second-order valence-corrected chi connectivity index (χ2v) is 3.40. The molecular weight excluding hydrogens is 128 g/mol. The maximum atomic E-state index is 10.2. The van der Waals surface area contributed by atoms with Crippen molar-refractivity contribution in [1.29, 1.82) is 0 Å². The minimum Gasteiger partial charge on any atom is -0.261 e. The van der Waals surface area contributed by atoms with Gasteiger partial charge in [0.15, 0.2) is 0 Å². The van der Waals surface area contributed by atoms with E-state index in [0.29, 0.717) is 6.10 Å². The maximum Gasteiger partial charge on any atom is 0.265 e. The normalized spacial score (nSPS) is 21.1. The van der Waals surface area contributed by atoms with Gasteiger partial charge in [0.1, 0.15) is 6.10 Å². The van der Waals surface area contributed by atoms with Crippen LogP contribution in [-0.2, 0) is 14.3 Å². The predicted octanol–water partition coefficient (Wildman–Crippen LogP) is 0.288. The van der Waals surface area contributed by atoms with E-state index in [1.165, 1.54) is 0 Å². The Bertz CT molecular complexity index is 166. The van der Waals surface area contributed by atoms with Crippen LogP contribution < -0.4 is 0 Å². The molecule has 0 N–H and O–H groups in total. The standard InChI is InChI=1S/C4H7O3S/c1-8(5,6)7-4-2-3-4/h2-3H2,1H3. The minimum atomic E-state index is -3.20. The molecule has 0 aromatic heterocycles. The van der Waals surface area contributed by atoms with Gasteiger partial charge in [0.2, 0.25) is 0 Å². The summed E-state index contributed by atoms with van der Waals surface area (Å²) >= 11 is 0. The molecular formula is C4H7O3S. The summed E-state index contributed by atoms with van der Waals surface area (Å²) in [4.78, 5) is 0. The topological polar surface area (TPSA) is 43.4 Å². The first-order valence-electron chi connectivity index (χ1n) is 2.32. The molecule has 0 spiro atoms. The first-order chi connectivity index (χ1) is 3.58. The molecule has 0 aromatic carbocycles. The molecule has 1 saturated carbocycles. The van der Waals surface area contributed by atoms with Gasteiger partial charge in [0, 0.05) is 0 Å². The summed E-state index contributed by atoms with van der Waals surface area (Å²) in [6.07, 6.45) is 3.37. The van der Waals surface area contributed by atoms with Crippen molar-refractivity contribution in [2.45, 2.75) is 12.8 Å². The van der Waals surface area contributed by atoms with Crippen LogP contribution in [0.2, 0.25) is 0 Å². The van der Waals surface area contributed by atoms with Gasteiger partial charge in [0.25, 0.3) is 10.1 Å². The van der Waals surface area contributed by atoms with E-state index in [2.05, 4.69) is 4.18 Å². The quantitative estimate of drug-likeness (QED) is 0.511. The number of hydrogen-bond acceptors (Lipinski definition) is 3. The highest BCUT2D eigenvalue weighted by molar-refractivity contribution is 7.86. The zero-order chi connectivity index (χ0) is 6.20. The largest absolute Gasteiger partial charge is 0.265 e. The highest BCUT2D eigenvalue weighted by Gasteiger charge is 2.27. The maximum absolute atomic E-state index is 10.2. The van der Waals surface area contributed by atoms with Crippen molar-refractivity contribution in [2.75, 3.05) is 6.26 Å². The second-order valence-electron chi connectivity index (χ2n) is 1.83. The minimum absolute atomic E-state index is 0.688. The molecule has 0 saturated heterocycles. The average Bonchev–Trinajstić information content (AvgIpc) is 2.12. The van der Waals surface area contributed by atoms with Crippen LogP contribution in [0, 0.1) is 6.10 Å². The van der Waals surface area contributed by atoms with Crippen LogP contribution in [0.5, 0.6) is 0 Å². The summed E-state index contributed by atoms with van der Waals surface area (Å²) < 4.78 is 24.9. The van der Waals surface area contributed by atoms with Crippen molar-refractivity contribution in [3.63, 3.8) is 0 Å². The Labute approximate surface area is 48.8 Å². The van der Waals surface area contributed by atoms with Gasteiger partial charge in [-0.25, -0.2) is 0 Å². The summed E-state index contributed by atoms with van der Waals surface area (Å²) in [5, 5.41) is 0. The monoisotopic (exact) mass is 135 g/mol. The molecule has 0 aliphatic heterocycles. The molecule has 8 heavy (non-hydrogen) atoms. The van der Waals surface area contributed by atoms with Crippen LogP contribution in [0.25, 0.3) is 0 Å². The van der Waals surface area contributed by atoms with E-state index in [0.717, 1.165) is 19.1 Å². The van der Waals surface area contributed by atoms with Gasteiger partial charge >= 0.3 is 0 Å². The third-order valence-electron chi connectivity index (χ3n) is 0.723. The number of rotatable bonds is 2. The Balaban J connectivity index is 2.38. The Morgan fingerprint density at radius 3 is 2.12 bits per heavy atom. The smallest absolute Gasteiger partial charge is 0.261 e. The second kappa shape index (κ2) is 1.70. The molecule has 1 rings (SSSR count). The van der Waals surface area contributed by atoms with Crippen molar-refractivity contribution >= 4 is 10.1 Å². The van der Waals surface area contributed by atoms with Crippen LogP contribution in [-0.4, -0.2) is 14.7 Å². The fourth-order valence-electron chi connectivity index (χ4n) is 0.348. The van der Waals surface area contributed by atoms with E-state index in [4.69, 9.17) is 0 Å². The molecule has 1 fully saturated rings. The Kier molecular flexibility index (Phi) is 1.28. The SMILES string of the molecule is CS(=O)(=O)O[C]1CC1. The molecule has 0 unspecified atom stereocenters. The van der Waals surface area contributed by atoms with E-state index >= 15 is 0 Å². The fourth-order valence-corrected chi connectivity index (χ4v) is 0.943. The lowest BCUT2D eigenvalue weighted by Gasteiger charge is -1.92. The van der Waals surface area contributed by atoms with E-state index in [1.54, 1.807) is 0 Å². The molecule has 1 aliphatic carbocycles. The molecule has 3 nitrogen and oxygen atoms in total. The van der Waals surface area contributed by atoms with Crippen LogP contribution in [0.4, 0.5) is 0 Å². The third kappa shape index (κ3) is 2.28. The van der Waals surface area contributed by atoms with Crippen LogP contribution >= 0.6 is 0 Å². The fraction of sp³-hybridized carbons (Fsp3) is 0.750. The summed E-state index contributed by atoms with van der Waals surface area (Å²) in [7, 11) is -3.20. The van der Waals surface area contributed by atoms with Crippen LogP contribution in [0.1, 0.15) is 12.8 Å². The molecule has 0 atom stereocenters. The molecule has 0 aromatic rings. The zero-order valence-electron chi connectivity index (χ0n) is 4.55. The summed E-state index contributed by atoms with van der Waals surface area (Å²) in [5.74, 6) is 0. The molecule has 1 aliphatic rings. The summed E-state index contributed by atoms with van der Waals surface area (Å²) in [6.45, 7) is 0. The van der Waals surface area contributed by atoms with E-state index in [1.807, 2.05) is 0 Å². The third-order valence-corrected chi connectivity index (χ3v) is 1.26. The van der Waals surface area contributed by atoms with E-state index in [9.17, 15) is 8.42 Å². The molecule has 0 amide bonds. The molecule has 1 radical (unpaired) electrons. The molecule has 0 bridgehead atoms. The zero-order valence-corrected chi connectivity index (χ0v) is 5.36. The highest BCUT2D eigenvalue weighted by Crippen LogP contribution is 2.33. The van der Waals surface area contributed by atoms with Crippen molar-refractivity contribution in [3.05, 3.63) is 6.10 Å². The predicted molar refractivity (Wildman–Crippen MR) is 28.4 cm³/mol. The van der Waals surface area contributed by atoms with E-state index in [-0.39, 0.29) is 0 Å². The van der Waals surface area contributed by atoms with Gasteiger partial charge in [-0.2, -0.15) is 8.42 Å². The lowest BCUT2D eigenvalue weighted by Crippen LogP contribution is -1.99. The average molecular weight is 135 g/mol. The lowest BCUT2D eigenvalue weighted by molar-refractivity contribution is 0.386. The van der Waals surface area contributed by atoms with Gasteiger partial charge in [-0.3, -0.25) is 4.18 Å². The van der Waals surface area contributed by atoms with Crippen molar-refractivity contribution in [3.8, 4) is 0 Å². The van der Waals surface area contributed by atoms with E-state index < -0.39 is 10.1 Å². The van der Waals surface area contributed by atoms with Crippen LogP contribution in [0.15, 0.2) is 0 Å². The summed E-state index contributed by atoms with van der Waals surface area (Å²) in [5.41, 5.74) is 0. The van der Waals surface area contributed by atoms with Crippen molar-refractivity contribution < 1.29 is 12.6 Å². The van der Waals surface area contributed by atoms with Crippen LogP contribution in [0.3, 0.4) is 0 Å². The van der Waals surface area contributed by atoms with Gasteiger partial charge in [0.05, 0.1) is 6.26 Å². The molecule has 4 heteroatoms. The van der Waals surface area contributed by atoms with Crippen molar-refractivity contribution in [2.24, 2.45) is 0 Å². The molecule has 0 heterocycles. The Hall–Kier alpha value is -0.0900. The number of hydrogen-bond donors (Lipinski definition) is 0. The first-order valence-corrected chi connectivity index (χ1v) is 4.14. The molecule has 47 valence electrons. The van der Waals surface area contributed by atoms with Crippen molar-refractivity contribution in [1.82, 2.24) is 0 Å². The Morgan fingerprint density at radius 2 is 2.00 bits per heavy atom. The first kappa shape index (κ1) is 6.04. The Morgan fingerprint density at radius 1 is 1.50 bits per heavy atom. The highest BCUT2D eigenvalue weighted by atomic mass is 32.2. The summed E-state index contributed by atoms with van der Waals surface area (Å²) in [6, 6.07) is 0.